The summed E-state index contributed by atoms with van der Waals surface area (Å²) in [7, 11) is 1.74. The van der Waals surface area contributed by atoms with Crippen LogP contribution in [0.5, 0.6) is 0 Å². The number of methoxy groups -OCH3 is 1. The lowest BCUT2D eigenvalue weighted by atomic mass is 9.99. The van der Waals surface area contributed by atoms with Gasteiger partial charge < -0.3 is 34.7 Å². The number of hydrogen-bond acceptors (Lipinski definition) is 8. The van der Waals surface area contributed by atoms with Gasteiger partial charge in [0.2, 0.25) is 0 Å². The summed E-state index contributed by atoms with van der Waals surface area (Å²) >= 11 is 0. The molecule has 2 saturated heterocycles. The molecule has 2 aromatic carbocycles. The average molecular weight is 542 g/mol. The van der Waals surface area contributed by atoms with Crippen LogP contribution in [-0.2, 0) is 30.3 Å². The van der Waals surface area contributed by atoms with Gasteiger partial charge in [0.05, 0.1) is 32.0 Å². The van der Waals surface area contributed by atoms with Gasteiger partial charge in [0.1, 0.15) is 6.54 Å². The molecule has 0 aliphatic carbocycles. The smallest absolute Gasteiger partial charge is 0.325 e. The van der Waals surface area contributed by atoms with Crippen LogP contribution < -0.4 is 10.6 Å². The van der Waals surface area contributed by atoms with Crippen LogP contribution in [-0.4, -0.2) is 74.1 Å². The van der Waals surface area contributed by atoms with Crippen molar-refractivity contribution in [1.29, 1.82) is 0 Å². The zero-order valence-corrected chi connectivity index (χ0v) is 22.6. The van der Waals surface area contributed by atoms with Gasteiger partial charge in [0.25, 0.3) is 0 Å². The fraction of sp³-hybridized carbons (Fsp3) is 0.517. The van der Waals surface area contributed by atoms with E-state index in [-0.39, 0.29) is 32.0 Å². The van der Waals surface area contributed by atoms with Gasteiger partial charge in [-0.15, -0.1) is 0 Å². The minimum absolute atomic E-state index is 0.00273. The van der Waals surface area contributed by atoms with E-state index in [9.17, 15) is 14.7 Å². The highest BCUT2D eigenvalue weighted by Crippen LogP contribution is 2.39. The van der Waals surface area contributed by atoms with E-state index in [4.69, 9.17) is 18.9 Å². The molecule has 10 nitrogen and oxygen atoms in total. The van der Waals surface area contributed by atoms with E-state index in [2.05, 4.69) is 15.5 Å². The maximum atomic E-state index is 12.1. The number of aliphatic hydroxyl groups is 1. The third-order valence-electron chi connectivity index (χ3n) is 7.05. The molecule has 10 heteroatoms. The van der Waals surface area contributed by atoms with Crippen LogP contribution >= 0.6 is 0 Å². The summed E-state index contributed by atoms with van der Waals surface area (Å²) < 4.78 is 23.2. The molecule has 39 heavy (non-hydrogen) atoms. The fourth-order valence-electron chi connectivity index (χ4n) is 5.07. The van der Waals surface area contributed by atoms with E-state index in [0.717, 1.165) is 42.6 Å². The summed E-state index contributed by atoms with van der Waals surface area (Å²) in [6.07, 6.45) is 2.18. The number of carbonyl (C=O) groups is 2. The molecular weight excluding hydrogens is 502 g/mol. The number of anilines is 1. The number of rotatable bonds is 11. The molecule has 2 fully saturated rings. The lowest BCUT2D eigenvalue weighted by molar-refractivity contribution is -0.253. The maximum absolute atomic E-state index is 12.1. The summed E-state index contributed by atoms with van der Waals surface area (Å²) in [5.74, 6) is -0.493. The van der Waals surface area contributed by atoms with Crippen molar-refractivity contribution in [2.24, 2.45) is 0 Å². The number of aliphatic hydroxyl groups excluding tert-OH is 1. The zero-order valence-electron chi connectivity index (χ0n) is 22.6. The van der Waals surface area contributed by atoms with Crippen molar-refractivity contribution in [2.75, 3.05) is 45.3 Å². The largest absolute Gasteiger partial charge is 0.465 e. The van der Waals surface area contributed by atoms with Crippen LogP contribution in [0.25, 0.3) is 0 Å². The van der Waals surface area contributed by atoms with Gasteiger partial charge in [-0.05, 0) is 49.6 Å². The van der Waals surface area contributed by atoms with Crippen molar-refractivity contribution in [3.63, 3.8) is 0 Å². The van der Waals surface area contributed by atoms with Crippen LogP contribution in [0.4, 0.5) is 10.5 Å². The van der Waals surface area contributed by atoms with Crippen LogP contribution in [0.2, 0.25) is 0 Å². The van der Waals surface area contributed by atoms with Crippen LogP contribution in [0.3, 0.4) is 0 Å². The first-order valence-electron chi connectivity index (χ1n) is 13.5. The molecule has 0 unspecified atom stereocenters. The molecule has 0 bridgehead atoms. The summed E-state index contributed by atoms with van der Waals surface area (Å²) in [5, 5.41) is 14.6. The first kappa shape index (κ1) is 29.0. The van der Waals surface area contributed by atoms with Crippen LogP contribution in [0.15, 0.2) is 48.5 Å². The monoisotopic (exact) mass is 541 g/mol. The maximum Gasteiger partial charge on any atom is 0.325 e. The Hall–Kier alpha value is -3.02. The van der Waals surface area contributed by atoms with Crippen molar-refractivity contribution < 1.29 is 33.6 Å². The molecular formula is C29H39N3O7. The topological polar surface area (TPSA) is 119 Å². The number of esters is 1. The quantitative estimate of drug-likeness (QED) is 0.370. The molecule has 212 valence electrons. The van der Waals surface area contributed by atoms with Crippen molar-refractivity contribution in [3.8, 4) is 0 Å². The molecule has 4 atom stereocenters. The van der Waals surface area contributed by atoms with Gasteiger partial charge in [-0.25, -0.2) is 4.79 Å². The van der Waals surface area contributed by atoms with Crippen molar-refractivity contribution in [2.45, 2.75) is 57.3 Å². The number of urea groups is 1. The van der Waals surface area contributed by atoms with Gasteiger partial charge in [-0.1, -0.05) is 36.4 Å². The molecule has 2 aliphatic heterocycles. The first-order chi connectivity index (χ1) is 19.0. The number of ether oxygens (including phenoxy) is 4. The Kier molecular flexibility index (Phi) is 10.7. The second kappa shape index (κ2) is 14.4. The summed E-state index contributed by atoms with van der Waals surface area (Å²) in [6, 6.07) is 15.0. The Morgan fingerprint density at radius 3 is 2.51 bits per heavy atom. The highest BCUT2D eigenvalue weighted by Gasteiger charge is 2.35. The number of nitrogens with one attached hydrogen (secondary N) is 2. The number of amides is 2. The Labute approximate surface area is 229 Å². The van der Waals surface area contributed by atoms with Crippen LogP contribution in [0.1, 0.15) is 55.3 Å². The molecule has 4 rings (SSSR count). The molecule has 2 heterocycles. The molecule has 0 spiro atoms. The second-order valence-electron chi connectivity index (χ2n) is 9.83. The summed E-state index contributed by atoms with van der Waals surface area (Å²) in [6.45, 7) is 4.29. The third kappa shape index (κ3) is 8.23. The first-order valence-corrected chi connectivity index (χ1v) is 13.5. The van der Waals surface area contributed by atoms with E-state index in [0.29, 0.717) is 24.8 Å². The van der Waals surface area contributed by atoms with Gasteiger partial charge >= 0.3 is 12.0 Å². The lowest BCUT2D eigenvalue weighted by Gasteiger charge is -2.38. The van der Waals surface area contributed by atoms with Gasteiger partial charge in [-0.3, -0.25) is 9.69 Å². The predicted octanol–water partition coefficient (Wildman–Crippen LogP) is 3.52. The third-order valence-corrected chi connectivity index (χ3v) is 7.05. The summed E-state index contributed by atoms with van der Waals surface area (Å²) in [4.78, 5) is 26.0. The van der Waals surface area contributed by atoms with Crippen molar-refractivity contribution in [1.82, 2.24) is 10.2 Å². The number of carbonyl (C=O) groups excluding carboxylic acids is 2. The molecule has 2 aliphatic rings. The Balaban J connectivity index is 1.44. The standard InChI is InChI=1S/C29H39N3O7/c1-3-37-27(34)16-30-29(35)31-23-12-10-22(11-13-23)28-38-25(17-32-14-4-5-24(32)19-36-2)15-26(39-28)21-8-6-20(18-33)7-9-21/h6-13,24-26,28,33H,3-5,14-19H2,1-2H3,(H2,30,31,35)/t24-,25+,26-,28-/m0/s1. The van der Waals surface area contributed by atoms with Crippen molar-refractivity contribution in [3.05, 3.63) is 65.2 Å². The highest BCUT2D eigenvalue weighted by atomic mass is 16.7. The highest BCUT2D eigenvalue weighted by molar-refractivity contribution is 5.91. The molecule has 0 aromatic heterocycles. The van der Waals surface area contributed by atoms with E-state index in [1.807, 2.05) is 36.4 Å². The number of benzene rings is 2. The SMILES string of the molecule is CCOC(=O)CNC(=O)Nc1ccc([C@H]2O[C@@H](CN3CCC[C@H]3COC)C[C@@H](c3ccc(CO)cc3)O2)cc1. The fourth-order valence-corrected chi connectivity index (χ4v) is 5.07. The van der Waals surface area contributed by atoms with Gasteiger partial charge in [0, 0.05) is 37.4 Å². The summed E-state index contributed by atoms with van der Waals surface area (Å²) in [5.41, 5.74) is 3.30. The minimum atomic E-state index is -0.582. The molecule has 2 amide bonds. The predicted molar refractivity (Wildman–Crippen MR) is 145 cm³/mol. The Morgan fingerprint density at radius 2 is 1.82 bits per heavy atom. The molecule has 0 saturated carbocycles. The zero-order chi connectivity index (χ0) is 27.6. The molecule has 3 N–H and O–H groups in total. The Bertz CT molecular complexity index is 1060. The minimum Gasteiger partial charge on any atom is -0.465 e. The lowest BCUT2D eigenvalue weighted by Crippen LogP contribution is -2.42. The number of likely N-dealkylation sites (tertiary alicyclic amines) is 1. The van der Waals surface area contributed by atoms with E-state index in [1.165, 1.54) is 0 Å². The molecule has 0 radical (unpaired) electrons. The Morgan fingerprint density at radius 1 is 1.08 bits per heavy atom. The number of nitrogens with zero attached hydrogens (tertiary/aromatic N) is 1. The average Bonchev–Trinajstić information content (AvgIpc) is 3.39. The molecule has 2 aromatic rings. The normalized spacial score (nSPS) is 23.4. The van der Waals surface area contributed by atoms with Crippen molar-refractivity contribution >= 4 is 17.7 Å². The van der Waals surface area contributed by atoms with E-state index in [1.54, 1.807) is 26.2 Å². The van der Waals surface area contributed by atoms with Gasteiger partial charge in [0.15, 0.2) is 6.29 Å². The van der Waals surface area contributed by atoms with E-state index < -0.39 is 18.3 Å². The van der Waals surface area contributed by atoms with Gasteiger partial charge in [-0.2, -0.15) is 0 Å². The number of hydrogen-bond donors (Lipinski definition) is 3. The van der Waals surface area contributed by atoms with Crippen LogP contribution in [0, 0.1) is 0 Å². The second-order valence-corrected chi connectivity index (χ2v) is 9.83. The van der Waals surface area contributed by atoms with E-state index >= 15 is 0 Å².